The first-order valence-corrected chi connectivity index (χ1v) is 9.85. The Morgan fingerprint density at radius 2 is 2.03 bits per heavy atom. The van der Waals surface area contributed by atoms with Crippen molar-refractivity contribution in [2.24, 2.45) is 5.92 Å². The summed E-state index contributed by atoms with van der Waals surface area (Å²) in [5, 5.41) is 6.80. The lowest BCUT2D eigenvalue weighted by molar-refractivity contribution is -0.137. The molecule has 1 aliphatic rings. The molecule has 2 heterocycles. The van der Waals surface area contributed by atoms with Gasteiger partial charge >= 0.3 is 6.18 Å². The topological polar surface area (TPSA) is 58.4 Å². The van der Waals surface area contributed by atoms with Gasteiger partial charge in [0.15, 0.2) is 0 Å². The number of alkyl halides is 3. The molecule has 29 heavy (non-hydrogen) atoms. The Bertz CT molecular complexity index is 815. The molecular formula is C21H26F3N3O2. The fraction of sp³-hybridized carbons (Fsp3) is 0.524. The van der Waals surface area contributed by atoms with Gasteiger partial charge in [-0.1, -0.05) is 31.1 Å². The number of nitrogens with zero attached hydrogens (tertiary/aromatic N) is 2. The Hall–Kier alpha value is -2.35. The summed E-state index contributed by atoms with van der Waals surface area (Å²) in [6, 6.07) is 7.02. The van der Waals surface area contributed by atoms with Gasteiger partial charge in [-0.2, -0.15) is 13.2 Å². The van der Waals surface area contributed by atoms with E-state index in [1.807, 2.05) is 13.8 Å². The van der Waals surface area contributed by atoms with Gasteiger partial charge in [0.1, 0.15) is 0 Å². The van der Waals surface area contributed by atoms with Crippen LogP contribution in [-0.4, -0.2) is 42.1 Å². The van der Waals surface area contributed by atoms with Crippen molar-refractivity contribution in [1.29, 1.82) is 0 Å². The van der Waals surface area contributed by atoms with E-state index in [9.17, 15) is 18.0 Å². The third-order valence-corrected chi connectivity index (χ3v) is 5.26. The second-order valence-corrected chi connectivity index (χ2v) is 7.88. The zero-order valence-corrected chi connectivity index (χ0v) is 16.6. The van der Waals surface area contributed by atoms with Gasteiger partial charge in [0.2, 0.25) is 5.76 Å². The SMILES string of the molecule is CC(C)c1cc(C(=O)NC[C@H]2CCN(CCc3ccc(C(F)(F)F)cc3)C2)on1. The Morgan fingerprint density at radius 3 is 2.66 bits per heavy atom. The van der Waals surface area contributed by atoms with E-state index in [1.165, 1.54) is 0 Å². The quantitative estimate of drug-likeness (QED) is 0.748. The molecule has 1 aromatic heterocycles. The van der Waals surface area contributed by atoms with Gasteiger partial charge in [-0.25, -0.2) is 0 Å². The standard InChI is InChI=1S/C21H26F3N3O2/c1-14(2)18-11-19(29-26-18)20(28)25-12-16-8-10-27(13-16)9-7-15-3-5-17(6-4-15)21(22,23)24/h3-6,11,14,16H,7-10,12-13H2,1-2H3,(H,25,28)/t16-/m1/s1. The van der Waals surface area contributed by atoms with E-state index in [0.29, 0.717) is 18.9 Å². The van der Waals surface area contributed by atoms with Gasteiger partial charge in [-0.05, 0) is 48.9 Å². The number of benzene rings is 1. The van der Waals surface area contributed by atoms with E-state index in [-0.39, 0.29) is 17.6 Å². The normalized spacial score (nSPS) is 17.8. The maximum absolute atomic E-state index is 12.6. The van der Waals surface area contributed by atoms with Crippen LogP contribution in [0.3, 0.4) is 0 Å². The monoisotopic (exact) mass is 409 g/mol. The number of hydrogen-bond donors (Lipinski definition) is 1. The molecule has 0 spiro atoms. The number of halogens is 3. The van der Waals surface area contributed by atoms with Crippen LogP contribution >= 0.6 is 0 Å². The van der Waals surface area contributed by atoms with Gasteiger partial charge in [0.05, 0.1) is 11.3 Å². The minimum Gasteiger partial charge on any atom is -0.351 e. The number of hydrogen-bond acceptors (Lipinski definition) is 4. The van der Waals surface area contributed by atoms with Crippen molar-refractivity contribution in [2.45, 2.75) is 38.8 Å². The predicted octanol–water partition coefficient (Wildman–Crippen LogP) is 4.11. The molecule has 1 atom stereocenters. The molecule has 0 radical (unpaired) electrons. The number of rotatable bonds is 7. The van der Waals surface area contributed by atoms with Gasteiger partial charge < -0.3 is 14.7 Å². The zero-order chi connectivity index (χ0) is 21.0. The van der Waals surface area contributed by atoms with E-state index in [0.717, 1.165) is 49.4 Å². The van der Waals surface area contributed by atoms with Crippen LogP contribution < -0.4 is 5.32 Å². The lowest BCUT2D eigenvalue weighted by Crippen LogP contribution is -2.31. The van der Waals surface area contributed by atoms with Crippen molar-refractivity contribution in [3.63, 3.8) is 0 Å². The lowest BCUT2D eigenvalue weighted by Gasteiger charge is -2.16. The van der Waals surface area contributed by atoms with Crippen LogP contribution in [0, 0.1) is 5.92 Å². The first-order chi connectivity index (χ1) is 13.7. The van der Waals surface area contributed by atoms with Crippen molar-refractivity contribution >= 4 is 5.91 Å². The van der Waals surface area contributed by atoms with Crippen LogP contribution in [-0.2, 0) is 12.6 Å². The third kappa shape index (κ3) is 5.82. The van der Waals surface area contributed by atoms with Gasteiger partial charge in [0.25, 0.3) is 5.91 Å². The highest BCUT2D eigenvalue weighted by Crippen LogP contribution is 2.29. The van der Waals surface area contributed by atoms with Gasteiger partial charge in [-0.3, -0.25) is 4.79 Å². The Morgan fingerprint density at radius 1 is 1.31 bits per heavy atom. The van der Waals surface area contributed by atoms with Crippen molar-refractivity contribution < 1.29 is 22.5 Å². The van der Waals surface area contributed by atoms with Crippen molar-refractivity contribution in [1.82, 2.24) is 15.4 Å². The summed E-state index contributed by atoms with van der Waals surface area (Å²) in [4.78, 5) is 14.5. The highest BCUT2D eigenvalue weighted by Gasteiger charge is 2.30. The molecule has 0 bridgehead atoms. The maximum Gasteiger partial charge on any atom is 0.416 e. The molecule has 5 nitrogen and oxygen atoms in total. The summed E-state index contributed by atoms with van der Waals surface area (Å²) >= 11 is 0. The van der Waals surface area contributed by atoms with Crippen LogP contribution in [0.1, 0.15) is 53.6 Å². The van der Waals surface area contributed by atoms with E-state index >= 15 is 0 Å². The summed E-state index contributed by atoms with van der Waals surface area (Å²) in [6.45, 7) is 7.09. The molecule has 1 aromatic carbocycles. The first kappa shape index (κ1) is 21.4. The fourth-order valence-corrected chi connectivity index (χ4v) is 3.42. The Balaban J connectivity index is 1.40. The van der Waals surface area contributed by atoms with Crippen LogP contribution in [0.4, 0.5) is 13.2 Å². The summed E-state index contributed by atoms with van der Waals surface area (Å²) in [5.41, 5.74) is 1.02. The summed E-state index contributed by atoms with van der Waals surface area (Å²) in [5.74, 6) is 0.519. The van der Waals surface area contributed by atoms with Crippen LogP contribution in [0.5, 0.6) is 0 Å². The number of aromatic nitrogens is 1. The number of carbonyl (C=O) groups excluding carboxylic acids is 1. The average molecular weight is 409 g/mol. The minimum atomic E-state index is -4.30. The molecule has 1 aliphatic heterocycles. The smallest absolute Gasteiger partial charge is 0.351 e. The van der Waals surface area contributed by atoms with Crippen molar-refractivity contribution in [3.05, 3.63) is 52.9 Å². The molecule has 1 amide bonds. The zero-order valence-electron chi connectivity index (χ0n) is 16.6. The molecule has 8 heteroatoms. The predicted molar refractivity (Wildman–Crippen MR) is 103 cm³/mol. The molecule has 1 fully saturated rings. The summed E-state index contributed by atoms with van der Waals surface area (Å²) in [6.07, 6.45) is -2.62. The molecule has 3 rings (SSSR count). The fourth-order valence-electron chi connectivity index (χ4n) is 3.42. The number of amides is 1. The molecule has 0 aliphatic carbocycles. The van der Waals surface area contributed by atoms with Crippen molar-refractivity contribution in [2.75, 3.05) is 26.2 Å². The molecule has 0 saturated carbocycles. The molecular weight excluding hydrogens is 383 g/mol. The highest BCUT2D eigenvalue weighted by atomic mass is 19.4. The number of likely N-dealkylation sites (tertiary alicyclic amines) is 1. The van der Waals surface area contributed by atoms with Gasteiger partial charge in [-0.15, -0.1) is 0 Å². The first-order valence-electron chi connectivity index (χ1n) is 9.85. The van der Waals surface area contributed by atoms with E-state index in [4.69, 9.17) is 4.52 Å². The molecule has 158 valence electrons. The van der Waals surface area contributed by atoms with E-state index in [2.05, 4.69) is 15.4 Å². The minimum absolute atomic E-state index is 0.202. The molecule has 0 unspecified atom stereocenters. The van der Waals surface area contributed by atoms with E-state index in [1.54, 1.807) is 18.2 Å². The lowest BCUT2D eigenvalue weighted by atomic mass is 10.1. The van der Waals surface area contributed by atoms with Crippen LogP contribution in [0.15, 0.2) is 34.9 Å². The second kappa shape index (κ2) is 8.98. The molecule has 1 N–H and O–H groups in total. The Kier molecular flexibility index (Phi) is 6.62. The maximum atomic E-state index is 12.6. The largest absolute Gasteiger partial charge is 0.416 e. The van der Waals surface area contributed by atoms with Crippen LogP contribution in [0.2, 0.25) is 0 Å². The summed E-state index contributed by atoms with van der Waals surface area (Å²) in [7, 11) is 0. The van der Waals surface area contributed by atoms with E-state index < -0.39 is 11.7 Å². The number of nitrogens with one attached hydrogen (secondary N) is 1. The summed E-state index contributed by atoms with van der Waals surface area (Å²) < 4.78 is 43.0. The van der Waals surface area contributed by atoms with Crippen molar-refractivity contribution in [3.8, 4) is 0 Å². The average Bonchev–Trinajstić information content (AvgIpc) is 3.34. The second-order valence-electron chi connectivity index (χ2n) is 7.88. The number of carbonyl (C=O) groups is 1. The molecule has 2 aromatic rings. The highest BCUT2D eigenvalue weighted by molar-refractivity contribution is 5.91. The van der Waals surface area contributed by atoms with Gasteiger partial charge in [0, 0.05) is 25.7 Å². The third-order valence-electron chi connectivity index (χ3n) is 5.26. The van der Waals surface area contributed by atoms with Crippen LogP contribution in [0.25, 0.3) is 0 Å². The Labute approximate surface area is 168 Å². The molecule has 1 saturated heterocycles.